The summed E-state index contributed by atoms with van der Waals surface area (Å²) in [6.45, 7) is 16.6. The van der Waals surface area contributed by atoms with Crippen LogP contribution in [0.15, 0.2) is 0 Å². The van der Waals surface area contributed by atoms with Crippen LogP contribution in [0.4, 0.5) is 0 Å². The fourth-order valence-electron chi connectivity index (χ4n) is 2.85. The van der Waals surface area contributed by atoms with Gasteiger partial charge in [0.05, 0.1) is 6.61 Å². The molecule has 1 saturated heterocycles. The molecule has 3 heteroatoms. The van der Waals surface area contributed by atoms with Gasteiger partial charge in [0, 0.05) is 37.8 Å². The summed E-state index contributed by atoms with van der Waals surface area (Å²) in [5.74, 6) is 0.741. The number of ether oxygens (including phenoxy) is 1. The van der Waals surface area contributed by atoms with Crippen molar-refractivity contribution in [3.63, 3.8) is 0 Å². The Bertz CT molecular complexity index is 257. The van der Waals surface area contributed by atoms with Crippen LogP contribution in [0.25, 0.3) is 0 Å². The molecule has 0 spiro atoms. The molecule has 0 aromatic carbocycles. The Morgan fingerprint density at radius 3 is 2.65 bits per heavy atom. The lowest BCUT2D eigenvalue weighted by atomic mass is 9.92. The van der Waals surface area contributed by atoms with Gasteiger partial charge in [0.15, 0.2) is 0 Å². The van der Waals surface area contributed by atoms with E-state index in [0.717, 1.165) is 38.8 Å². The Balaban J connectivity index is 2.36. The predicted molar refractivity (Wildman–Crippen MR) is 87.2 cm³/mol. The van der Waals surface area contributed by atoms with Crippen molar-refractivity contribution in [2.45, 2.75) is 71.9 Å². The average Bonchev–Trinajstić information content (AvgIpc) is 2.41. The lowest BCUT2D eigenvalue weighted by Crippen LogP contribution is -2.63. The molecule has 0 aromatic heterocycles. The first-order valence-corrected chi connectivity index (χ1v) is 8.57. The third kappa shape index (κ3) is 6.11. The van der Waals surface area contributed by atoms with Crippen LogP contribution in [0.2, 0.25) is 0 Å². The number of hydrogen-bond donors (Lipinski definition) is 1. The van der Waals surface area contributed by atoms with Gasteiger partial charge in [-0.15, -0.1) is 0 Å². The minimum Gasteiger partial charge on any atom is -0.380 e. The largest absolute Gasteiger partial charge is 0.380 e. The summed E-state index contributed by atoms with van der Waals surface area (Å²) in [6.07, 6.45) is 4.92. The lowest BCUT2D eigenvalue weighted by Gasteiger charge is -2.46. The van der Waals surface area contributed by atoms with Crippen molar-refractivity contribution < 1.29 is 4.74 Å². The highest BCUT2D eigenvalue weighted by Gasteiger charge is 2.33. The molecule has 0 radical (unpaired) electrons. The standard InChI is InChI=1S/C17H36N2O/c1-6-8-16-13-18-17(5,7-2)14-19(16)10-12-20-11-9-15(3)4/h15-16,18H,6-14H2,1-5H3. The molecule has 120 valence electrons. The van der Waals surface area contributed by atoms with Crippen molar-refractivity contribution in [3.05, 3.63) is 0 Å². The molecule has 3 nitrogen and oxygen atoms in total. The molecule has 20 heavy (non-hydrogen) atoms. The third-order valence-corrected chi connectivity index (χ3v) is 4.60. The highest BCUT2D eigenvalue weighted by Crippen LogP contribution is 2.20. The van der Waals surface area contributed by atoms with Crippen LogP contribution in [0.5, 0.6) is 0 Å². The molecular formula is C17H36N2O. The molecule has 2 unspecified atom stereocenters. The molecule has 2 atom stereocenters. The van der Waals surface area contributed by atoms with Gasteiger partial charge in [0.25, 0.3) is 0 Å². The summed E-state index contributed by atoms with van der Waals surface area (Å²) >= 11 is 0. The summed E-state index contributed by atoms with van der Waals surface area (Å²) in [5, 5.41) is 3.74. The molecule has 0 bridgehead atoms. The number of rotatable bonds is 9. The molecule has 0 aromatic rings. The van der Waals surface area contributed by atoms with Crippen LogP contribution in [0, 0.1) is 5.92 Å². The van der Waals surface area contributed by atoms with Crippen molar-refractivity contribution in [2.24, 2.45) is 5.92 Å². The Morgan fingerprint density at radius 1 is 1.30 bits per heavy atom. The van der Waals surface area contributed by atoms with E-state index in [1.807, 2.05) is 0 Å². The monoisotopic (exact) mass is 284 g/mol. The molecule has 0 aliphatic carbocycles. The fraction of sp³-hybridized carbons (Fsp3) is 1.00. The van der Waals surface area contributed by atoms with E-state index < -0.39 is 0 Å². The van der Waals surface area contributed by atoms with Gasteiger partial charge in [-0.1, -0.05) is 34.1 Å². The van der Waals surface area contributed by atoms with Gasteiger partial charge in [0.2, 0.25) is 0 Å². The maximum absolute atomic E-state index is 5.81. The van der Waals surface area contributed by atoms with Gasteiger partial charge in [-0.05, 0) is 32.1 Å². The van der Waals surface area contributed by atoms with Crippen LogP contribution in [-0.4, -0.2) is 49.3 Å². The zero-order chi connectivity index (χ0) is 15.0. The molecule has 1 aliphatic rings. The number of hydrogen-bond acceptors (Lipinski definition) is 3. The second-order valence-corrected chi connectivity index (χ2v) is 7.00. The number of piperazine rings is 1. The van der Waals surface area contributed by atoms with Crippen molar-refractivity contribution in [3.8, 4) is 0 Å². The minimum atomic E-state index is 0.280. The summed E-state index contributed by atoms with van der Waals surface area (Å²) in [4.78, 5) is 2.65. The summed E-state index contributed by atoms with van der Waals surface area (Å²) < 4.78 is 5.81. The SMILES string of the molecule is CCCC1CNC(C)(CC)CN1CCOCCC(C)C. The zero-order valence-electron chi connectivity index (χ0n) is 14.4. The van der Waals surface area contributed by atoms with Crippen LogP contribution in [0.3, 0.4) is 0 Å². The molecule has 1 N–H and O–H groups in total. The Kier molecular flexibility index (Phi) is 8.08. The van der Waals surface area contributed by atoms with E-state index in [9.17, 15) is 0 Å². The van der Waals surface area contributed by atoms with Crippen LogP contribution >= 0.6 is 0 Å². The first kappa shape index (κ1) is 17.9. The van der Waals surface area contributed by atoms with Crippen molar-refractivity contribution >= 4 is 0 Å². The second-order valence-electron chi connectivity index (χ2n) is 7.00. The fourth-order valence-corrected chi connectivity index (χ4v) is 2.85. The Morgan fingerprint density at radius 2 is 2.05 bits per heavy atom. The van der Waals surface area contributed by atoms with Crippen molar-refractivity contribution in [1.82, 2.24) is 10.2 Å². The maximum atomic E-state index is 5.81. The van der Waals surface area contributed by atoms with E-state index >= 15 is 0 Å². The van der Waals surface area contributed by atoms with Gasteiger partial charge < -0.3 is 10.1 Å². The van der Waals surface area contributed by atoms with E-state index in [0.29, 0.717) is 6.04 Å². The highest BCUT2D eigenvalue weighted by atomic mass is 16.5. The van der Waals surface area contributed by atoms with Crippen molar-refractivity contribution in [2.75, 3.05) is 32.8 Å². The zero-order valence-corrected chi connectivity index (χ0v) is 14.4. The summed E-state index contributed by atoms with van der Waals surface area (Å²) in [5.41, 5.74) is 0.280. The smallest absolute Gasteiger partial charge is 0.0593 e. The van der Waals surface area contributed by atoms with E-state index in [-0.39, 0.29) is 5.54 Å². The quantitative estimate of drug-likeness (QED) is 0.658. The summed E-state index contributed by atoms with van der Waals surface area (Å²) in [6, 6.07) is 0.688. The summed E-state index contributed by atoms with van der Waals surface area (Å²) in [7, 11) is 0. The van der Waals surface area contributed by atoms with Gasteiger partial charge in [-0.3, -0.25) is 4.90 Å². The first-order valence-electron chi connectivity index (χ1n) is 8.57. The van der Waals surface area contributed by atoms with Crippen LogP contribution in [0.1, 0.15) is 60.3 Å². The average molecular weight is 284 g/mol. The predicted octanol–water partition coefficient (Wildman–Crippen LogP) is 3.29. The molecule has 1 rings (SSSR count). The van der Waals surface area contributed by atoms with E-state index in [2.05, 4.69) is 44.8 Å². The topological polar surface area (TPSA) is 24.5 Å². The lowest BCUT2D eigenvalue weighted by molar-refractivity contribution is 0.0384. The molecule has 1 heterocycles. The first-order chi connectivity index (χ1) is 9.50. The molecule has 1 aliphatic heterocycles. The van der Waals surface area contributed by atoms with E-state index in [4.69, 9.17) is 4.74 Å². The van der Waals surface area contributed by atoms with Gasteiger partial charge in [-0.25, -0.2) is 0 Å². The van der Waals surface area contributed by atoms with E-state index in [1.165, 1.54) is 25.7 Å². The van der Waals surface area contributed by atoms with Gasteiger partial charge in [-0.2, -0.15) is 0 Å². The van der Waals surface area contributed by atoms with Gasteiger partial charge >= 0.3 is 0 Å². The number of nitrogens with zero attached hydrogens (tertiary/aromatic N) is 1. The second kappa shape index (κ2) is 9.01. The Labute approximate surface area is 126 Å². The third-order valence-electron chi connectivity index (χ3n) is 4.60. The van der Waals surface area contributed by atoms with Gasteiger partial charge in [0.1, 0.15) is 0 Å². The molecular weight excluding hydrogens is 248 g/mol. The van der Waals surface area contributed by atoms with Crippen LogP contribution in [-0.2, 0) is 4.74 Å². The van der Waals surface area contributed by atoms with E-state index in [1.54, 1.807) is 0 Å². The maximum Gasteiger partial charge on any atom is 0.0593 e. The molecule has 0 saturated carbocycles. The van der Waals surface area contributed by atoms with Crippen molar-refractivity contribution in [1.29, 1.82) is 0 Å². The minimum absolute atomic E-state index is 0.280. The molecule has 1 fully saturated rings. The number of nitrogens with one attached hydrogen (secondary N) is 1. The highest BCUT2D eigenvalue weighted by molar-refractivity contribution is 4.94. The van der Waals surface area contributed by atoms with Crippen LogP contribution < -0.4 is 5.32 Å². The Hall–Kier alpha value is -0.120. The normalized spacial score (nSPS) is 28.2. The molecule has 0 amide bonds.